The number of fused-ring (bicyclic) bond motifs is 4. The maximum atomic E-state index is 13.6. The summed E-state index contributed by atoms with van der Waals surface area (Å²) in [5.74, 6) is -4.58. The number of methoxy groups -OCH3 is 2. The van der Waals surface area contributed by atoms with E-state index in [1.165, 1.54) is 32.3 Å². The normalized spacial score (nSPS) is 30.9. The van der Waals surface area contributed by atoms with Crippen molar-refractivity contribution >= 4 is 45.2 Å². The third-order valence-electron chi connectivity index (χ3n) is 11.9. The first-order valence-electron chi connectivity index (χ1n) is 17.5. The summed E-state index contributed by atoms with van der Waals surface area (Å²) in [5.41, 5.74) is 2.88. The fraction of sp³-hybridized carbons (Fsp3) is 0.595. The number of ether oxygens (including phenoxy) is 3. The molecule has 2 bridgehead atoms. The fourth-order valence-corrected chi connectivity index (χ4v) is 10.2. The van der Waals surface area contributed by atoms with Crippen molar-refractivity contribution in [2.24, 2.45) is 29.6 Å². The Morgan fingerprint density at radius 1 is 1.08 bits per heavy atom. The number of nitrogens with zero attached hydrogens (tertiary/aromatic N) is 1. The lowest BCUT2D eigenvalue weighted by Crippen LogP contribution is -2.50. The van der Waals surface area contributed by atoms with Gasteiger partial charge in [-0.05, 0) is 117 Å². The van der Waals surface area contributed by atoms with E-state index in [2.05, 4.69) is 15.7 Å². The number of anilines is 1. The third kappa shape index (κ3) is 6.95. The van der Waals surface area contributed by atoms with Crippen molar-refractivity contribution in [1.82, 2.24) is 4.72 Å². The number of esters is 2. The molecule has 1 amide bonds. The second kappa shape index (κ2) is 14.3. The van der Waals surface area contributed by atoms with Gasteiger partial charge >= 0.3 is 11.9 Å². The minimum Gasteiger partial charge on any atom is -0.490 e. The molecule has 2 N–H and O–H groups in total. The molecule has 2 aliphatic carbocycles. The van der Waals surface area contributed by atoms with Gasteiger partial charge in [0.25, 0.3) is 5.91 Å². The number of benzene rings is 2. The Bertz CT molecular complexity index is 1740. The molecule has 0 radical (unpaired) electrons. The number of carbonyl (C=O) groups is 3. The zero-order chi connectivity index (χ0) is 36.0. The standard InChI is InChI=1S/C37H47ClN2O9S/c1-21-14-26(33(35(43)47-3)36(44)48-4)17-31(41)28-10-7-25(28)18-40-19-37(13-5-6-23-15-27(38)9-11-29(23)37)20-49-32-12-8-24(16-30(32)40)34(42)39-50(45,46)22(21)2/h8-9,11-12,15-16,21-22,25-26,28,31,33,41H,5-7,10,13-14,17-20H2,1-4H3,(H,39,42)/t21-,22+,25-,26-,28+,31-,37-/m0/s1. The molecule has 4 aliphatic rings. The molecule has 272 valence electrons. The molecule has 6 rings (SSSR count). The molecule has 0 unspecified atom stereocenters. The number of aliphatic hydroxyl groups excluding tert-OH is 1. The van der Waals surface area contributed by atoms with Crippen LogP contribution in [0.15, 0.2) is 36.4 Å². The van der Waals surface area contributed by atoms with Crippen molar-refractivity contribution in [3.05, 3.63) is 58.1 Å². The molecule has 0 saturated heterocycles. The zero-order valence-corrected chi connectivity index (χ0v) is 30.6. The van der Waals surface area contributed by atoms with Gasteiger partial charge in [0.2, 0.25) is 10.0 Å². The van der Waals surface area contributed by atoms with Crippen LogP contribution in [0, 0.1) is 29.6 Å². The molecule has 2 aromatic rings. The summed E-state index contributed by atoms with van der Waals surface area (Å²) in [5, 5.41) is 11.4. The van der Waals surface area contributed by atoms with E-state index >= 15 is 0 Å². The van der Waals surface area contributed by atoms with E-state index < -0.39 is 57.0 Å². The highest BCUT2D eigenvalue weighted by Gasteiger charge is 2.47. The van der Waals surface area contributed by atoms with Gasteiger partial charge in [0, 0.05) is 29.1 Å². The summed E-state index contributed by atoms with van der Waals surface area (Å²) >= 11 is 6.41. The predicted octanol–water partition coefficient (Wildman–Crippen LogP) is 4.66. The summed E-state index contributed by atoms with van der Waals surface area (Å²) in [6, 6.07) is 11.1. The summed E-state index contributed by atoms with van der Waals surface area (Å²) < 4.78 is 46.0. The molecule has 1 saturated carbocycles. The Balaban J connectivity index is 1.42. The smallest absolute Gasteiger partial charge is 0.320 e. The number of aryl methyl sites for hydroxylation is 1. The van der Waals surface area contributed by atoms with Crippen LogP contribution in [-0.2, 0) is 40.9 Å². The maximum absolute atomic E-state index is 13.6. The molecule has 13 heteroatoms. The molecule has 11 nitrogen and oxygen atoms in total. The highest BCUT2D eigenvalue weighted by molar-refractivity contribution is 7.90. The molecule has 2 aliphatic heterocycles. The Hall–Kier alpha value is -3.35. The van der Waals surface area contributed by atoms with Crippen LogP contribution in [0.3, 0.4) is 0 Å². The number of aliphatic hydroxyl groups is 1. The molecule has 50 heavy (non-hydrogen) atoms. The van der Waals surface area contributed by atoms with Gasteiger partial charge in [-0.25, -0.2) is 13.1 Å². The molecule has 0 aromatic heterocycles. The number of rotatable bonds is 3. The van der Waals surface area contributed by atoms with Gasteiger partial charge in [0.05, 0.1) is 37.9 Å². The zero-order valence-electron chi connectivity index (χ0n) is 29.0. The number of hydrogen-bond acceptors (Lipinski definition) is 10. The number of nitrogens with one attached hydrogen (secondary N) is 1. The van der Waals surface area contributed by atoms with Crippen LogP contribution < -0.4 is 14.4 Å². The van der Waals surface area contributed by atoms with Gasteiger partial charge in [-0.2, -0.15) is 0 Å². The monoisotopic (exact) mass is 730 g/mol. The van der Waals surface area contributed by atoms with E-state index in [1.807, 2.05) is 12.1 Å². The van der Waals surface area contributed by atoms with Crippen molar-refractivity contribution in [1.29, 1.82) is 0 Å². The summed E-state index contributed by atoms with van der Waals surface area (Å²) in [6.07, 6.45) is 3.66. The lowest BCUT2D eigenvalue weighted by molar-refractivity contribution is -0.162. The minimum atomic E-state index is -4.21. The number of halogens is 1. The van der Waals surface area contributed by atoms with E-state index in [1.54, 1.807) is 25.1 Å². The Labute approximate surface area is 299 Å². The van der Waals surface area contributed by atoms with Crippen molar-refractivity contribution in [2.75, 3.05) is 38.8 Å². The largest absolute Gasteiger partial charge is 0.490 e. The first kappa shape index (κ1) is 36.4. The SMILES string of the molecule is COC(=O)C(C(=O)OC)[C@H]1C[C@H](C)[C@@H](C)S(=O)(=O)NC(=O)c2ccc3c(c2)N(C[C@@H]2CC[C@H]2[C@@H](O)C1)C[C@@]1(CCCc2cc(Cl)ccc21)CO3. The topological polar surface area (TPSA) is 149 Å². The highest BCUT2D eigenvalue weighted by Crippen LogP contribution is 2.47. The first-order chi connectivity index (χ1) is 23.8. The average Bonchev–Trinajstić information content (AvgIpc) is 3.22. The molecule has 2 heterocycles. The highest BCUT2D eigenvalue weighted by atomic mass is 35.5. The molecule has 7 atom stereocenters. The van der Waals surface area contributed by atoms with Crippen molar-refractivity contribution in [3.8, 4) is 5.75 Å². The van der Waals surface area contributed by atoms with E-state index in [9.17, 15) is 27.9 Å². The Morgan fingerprint density at radius 3 is 2.50 bits per heavy atom. The lowest BCUT2D eigenvalue weighted by Gasteiger charge is -2.46. The van der Waals surface area contributed by atoms with Crippen LogP contribution in [0.2, 0.25) is 5.02 Å². The summed E-state index contributed by atoms with van der Waals surface area (Å²) in [7, 11) is -1.85. The van der Waals surface area contributed by atoms with Gasteiger partial charge in [-0.15, -0.1) is 0 Å². The number of carbonyl (C=O) groups excluding carboxylic acids is 3. The summed E-state index contributed by atoms with van der Waals surface area (Å²) in [4.78, 5) is 41.8. The van der Waals surface area contributed by atoms with Crippen LogP contribution >= 0.6 is 11.6 Å². The number of amides is 1. The number of hydrogen-bond donors (Lipinski definition) is 2. The molecule has 2 aromatic carbocycles. The number of sulfonamides is 1. The van der Waals surface area contributed by atoms with Gasteiger partial charge < -0.3 is 24.2 Å². The van der Waals surface area contributed by atoms with Gasteiger partial charge in [-0.1, -0.05) is 24.6 Å². The van der Waals surface area contributed by atoms with Gasteiger partial charge in [0.15, 0.2) is 5.92 Å². The maximum Gasteiger partial charge on any atom is 0.320 e. The second-order valence-corrected chi connectivity index (χ2v) is 17.2. The van der Waals surface area contributed by atoms with Crippen LogP contribution in [0.1, 0.15) is 73.9 Å². The van der Waals surface area contributed by atoms with Crippen LogP contribution in [-0.4, -0.2) is 76.6 Å². The van der Waals surface area contributed by atoms with E-state index in [-0.39, 0.29) is 35.7 Å². The molecular weight excluding hydrogens is 684 g/mol. The molecule has 1 fully saturated rings. The van der Waals surface area contributed by atoms with Crippen LogP contribution in [0.25, 0.3) is 0 Å². The van der Waals surface area contributed by atoms with Gasteiger partial charge in [0.1, 0.15) is 5.75 Å². The molecular formula is C37H47ClN2O9S. The van der Waals surface area contributed by atoms with Crippen molar-refractivity contribution in [2.45, 2.75) is 75.6 Å². The Morgan fingerprint density at radius 2 is 1.82 bits per heavy atom. The van der Waals surface area contributed by atoms with Gasteiger partial charge in [-0.3, -0.25) is 14.4 Å². The fourth-order valence-electron chi connectivity index (χ4n) is 8.71. The average molecular weight is 731 g/mol. The molecule has 1 spiro atoms. The van der Waals surface area contributed by atoms with Crippen LogP contribution in [0.4, 0.5) is 5.69 Å². The van der Waals surface area contributed by atoms with Crippen molar-refractivity contribution in [3.63, 3.8) is 0 Å². The predicted molar refractivity (Wildman–Crippen MR) is 188 cm³/mol. The van der Waals surface area contributed by atoms with E-state index in [4.69, 9.17) is 25.8 Å². The summed E-state index contributed by atoms with van der Waals surface area (Å²) in [6.45, 7) is 4.75. The quantitative estimate of drug-likeness (QED) is 0.338. The lowest BCUT2D eigenvalue weighted by atomic mass is 9.66. The second-order valence-electron chi connectivity index (χ2n) is 14.8. The van der Waals surface area contributed by atoms with E-state index in [0.717, 1.165) is 32.1 Å². The first-order valence-corrected chi connectivity index (χ1v) is 19.4. The van der Waals surface area contributed by atoms with E-state index in [0.29, 0.717) is 36.2 Å². The minimum absolute atomic E-state index is 0.0683. The Kier molecular flexibility index (Phi) is 10.5. The third-order valence-corrected chi connectivity index (χ3v) is 14.0. The van der Waals surface area contributed by atoms with Crippen molar-refractivity contribution < 1.29 is 42.1 Å². The van der Waals surface area contributed by atoms with Crippen LogP contribution in [0.5, 0.6) is 5.75 Å².